The van der Waals surface area contributed by atoms with Crippen molar-refractivity contribution in [3.05, 3.63) is 58.6 Å². The first-order valence-electron chi connectivity index (χ1n) is 8.73. The van der Waals surface area contributed by atoms with Crippen LogP contribution in [-0.2, 0) is 0 Å². The molecule has 1 atom stereocenters. The molecule has 2 aromatic heterocycles. The lowest BCUT2D eigenvalue weighted by molar-refractivity contribution is -0.144. The van der Waals surface area contributed by atoms with Crippen LogP contribution in [0.5, 0.6) is 0 Å². The molecular weight excluding hydrogens is 412 g/mol. The number of aromatic nitrogens is 4. The molecule has 1 unspecified atom stereocenters. The molecule has 11 heteroatoms. The molecule has 152 valence electrons. The molecule has 0 amide bonds. The molecule has 1 fully saturated rings. The second-order valence-corrected chi connectivity index (χ2v) is 7.08. The summed E-state index contributed by atoms with van der Waals surface area (Å²) in [6.45, 7) is 0. The third kappa shape index (κ3) is 4.58. The smallest absolute Gasteiger partial charge is 0.339 e. The van der Waals surface area contributed by atoms with Crippen molar-refractivity contribution < 1.29 is 17.6 Å². The highest BCUT2D eigenvalue weighted by Crippen LogP contribution is 2.40. The van der Waals surface area contributed by atoms with E-state index in [1.54, 1.807) is 6.07 Å². The van der Waals surface area contributed by atoms with Crippen LogP contribution in [0.3, 0.4) is 0 Å². The summed E-state index contributed by atoms with van der Waals surface area (Å²) in [4.78, 5) is 7.86. The molecule has 2 heterocycles. The first-order chi connectivity index (χ1) is 13.8. The number of H-pyrrole nitrogens is 1. The van der Waals surface area contributed by atoms with Crippen LogP contribution in [0.4, 0.5) is 35.1 Å². The molecule has 1 aromatic carbocycles. The van der Waals surface area contributed by atoms with Crippen LogP contribution in [0.1, 0.15) is 36.1 Å². The highest BCUT2D eigenvalue weighted by molar-refractivity contribution is 6.32. The van der Waals surface area contributed by atoms with E-state index in [-0.39, 0.29) is 22.4 Å². The van der Waals surface area contributed by atoms with Crippen LogP contribution in [0.25, 0.3) is 0 Å². The number of hydrogen-bond acceptors (Lipinski definition) is 5. The number of benzene rings is 1. The van der Waals surface area contributed by atoms with Gasteiger partial charge in [0.15, 0.2) is 17.7 Å². The molecular formula is C18H15ClF4N6. The van der Waals surface area contributed by atoms with Gasteiger partial charge in [-0.25, -0.2) is 9.37 Å². The van der Waals surface area contributed by atoms with Gasteiger partial charge in [-0.3, -0.25) is 5.10 Å². The maximum atomic E-state index is 13.5. The standard InChI is InChI=1S/C18H15ClF4N6/c19-12-8-24-17(26-15(18(21,22)23)10-3-5-11(20)6-4-10)27-16(12)25-14-7-13(28-29-14)9-1-2-9/h3-9,15H,1-2H2,(H3,24,25,26,27,28,29). The Morgan fingerprint density at radius 1 is 1.17 bits per heavy atom. The Morgan fingerprint density at radius 3 is 2.55 bits per heavy atom. The second-order valence-electron chi connectivity index (χ2n) is 6.67. The van der Waals surface area contributed by atoms with E-state index in [2.05, 4.69) is 30.8 Å². The van der Waals surface area contributed by atoms with Crippen LogP contribution in [0, 0.1) is 5.82 Å². The molecule has 0 bridgehead atoms. The van der Waals surface area contributed by atoms with E-state index in [1.807, 2.05) is 0 Å². The quantitative estimate of drug-likeness (QED) is 0.464. The highest BCUT2D eigenvalue weighted by atomic mass is 35.5. The average molecular weight is 427 g/mol. The van der Waals surface area contributed by atoms with E-state index >= 15 is 0 Å². The van der Waals surface area contributed by atoms with Gasteiger partial charge in [-0.05, 0) is 30.5 Å². The number of rotatable bonds is 6. The van der Waals surface area contributed by atoms with Gasteiger partial charge in [0.2, 0.25) is 5.95 Å². The molecule has 1 aliphatic rings. The monoisotopic (exact) mass is 426 g/mol. The van der Waals surface area contributed by atoms with Gasteiger partial charge in [0, 0.05) is 17.7 Å². The summed E-state index contributed by atoms with van der Waals surface area (Å²) in [5.41, 5.74) is 0.804. The van der Waals surface area contributed by atoms with Crippen molar-refractivity contribution in [2.24, 2.45) is 0 Å². The van der Waals surface area contributed by atoms with Crippen molar-refractivity contribution in [3.63, 3.8) is 0 Å². The molecule has 0 radical (unpaired) electrons. The van der Waals surface area contributed by atoms with E-state index in [1.165, 1.54) is 6.20 Å². The minimum absolute atomic E-state index is 0.109. The maximum absolute atomic E-state index is 13.5. The normalized spacial score (nSPS) is 15.2. The Labute approximate surface area is 167 Å². The summed E-state index contributed by atoms with van der Waals surface area (Å²) in [5, 5.41) is 12.3. The molecule has 1 aliphatic carbocycles. The van der Waals surface area contributed by atoms with E-state index in [0.717, 1.165) is 42.8 Å². The number of anilines is 3. The molecule has 0 saturated heterocycles. The fraction of sp³-hybridized carbons (Fsp3) is 0.278. The van der Waals surface area contributed by atoms with Gasteiger partial charge < -0.3 is 10.6 Å². The summed E-state index contributed by atoms with van der Waals surface area (Å²) < 4.78 is 53.7. The lowest BCUT2D eigenvalue weighted by atomic mass is 10.1. The maximum Gasteiger partial charge on any atom is 0.412 e. The minimum Gasteiger partial charge on any atom is -0.339 e. The number of hydrogen-bond donors (Lipinski definition) is 3. The third-order valence-electron chi connectivity index (χ3n) is 4.41. The van der Waals surface area contributed by atoms with Crippen LogP contribution >= 0.6 is 11.6 Å². The first-order valence-corrected chi connectivity index (χ1v) is 9.11. The number of nitrogens with one attached hydrogen (secondary N) is 3. The molecule has 0 aliphatic heterocycles. The number of alkyl halides is 3. The van der Waals surface area contributed by atoms with Crippen molar-refractivity contribution in [2.45, 2.75) is 31.0 Å². The largest absolute Gasteiger partial charge is 0.412 e. The molecule has 3 aromatic rings. The zero-order valence-corrected chi connectivity index (χ0v) is 15.5. The van der Waals surface area contributed by atoms with Crippen molar-refractivity contribution in [3.8, 4) is 0 Å². The Morgan fingerprint density at radius 2 is 1.90 bits per heavy atom. The van der Waals surface area contributed by atoms with E-state index < -0.39 is 18.0 Å². The van der Waals surface area contributed by atoms with Gasteiger partial charge in [0.25, 0.3) is 0 Å². The van der Waals surface area contributed by atoms with Gasteiger partial charge in [-0.2, -0.15) is 23.3 Å². The summed E-state index contributed by atoms with van der Waals surface area (Å²) in [6, 6.07) is 3.71. The average Bonchev–Trinajstić information content (AvgIpc) is 3.42. The Balaban J connectivity index is 1.56. The molecule has 29 heavy (non-hydrogen) atoms. The lowest BCUT2D eigenvalue weighted by Gasteiger charge is -2.22. The number of aromatic amines is 1. The van der Waals surface area contributed by atoms with Crippen LogP contribution in [0.2, 0.25) is 5.02 Å². The molecule has 6 nitrogen and oxygen atoms in total. The Hall–Kier alpha value is -2.88. The molecule has 4 rings (SSSR count). The third-order valence-corrected chi connectivity index (χ3v) is 4.69. The topological polar surface area (TPSA) is 78.5 Å². The first kappa shape index (κ1) is 19.4. The van der Waals surface area contributed by atoms with Crippen molar-refractivity contribution in [1.29, 1.82) is 0 Å². The lowest BCUT2D eigenvalue weighted by Crippen LogP contribution is -2.28. The fourth-order valence-corrected chi connectivity index (χ4v) is 2.93. The zero-order chi connectivity index (χ0) is 20.6. The van der Waals surface area contributed by atoms with Crippen LogP contribution < -0.4 is 10.6 Å². The van der Waals surface area contributed by atoms with Gasteiger partial charge in [-0.1, -0.05) is 23.7 Å². The number of nitrogens with zero attached hydrogens (tertiary/aromatic N) is 3. The van der Waals surface area contributed by atoms with E-state index in [9.17, 15) is 17.6 Å². The van der Waals surface area contributed by atoms with E-state index in [0.29, 0.717) is 11.7 Å². The van der Waals surface area contributed by atoms with Crippen LogP contribution in [-0.4, -0.2) is 26.3 Å². The highest BCUT2D eigenvalue weighted by Gasteiger charge is 2.41. The zero-order valence-electron chi connectivity index (χ0n) is 14.8. The van der Waals surface area contributed by atoms with Crippen molar-refractivity contribution in [1.82, 2.24) is 20.2 Å². The SMILES string of the molecule is Fc1ccc(C(Nc2ncc(Cl)c(Nc3cc(C4CC4)[nH]n3)n2)C(F)(F)F)cc1. The van der Waals surface area contributed by atoms with Gasteiger partial charge in [0.1, 0.15) is 10.8 Å². The summed E-state index contributed by atoms with van der Waals surface area (Å²) in [5.74, 6) is 0.0942. The van der Waals surface area contributed by atoms with Crippen molar-refractivity contribution in [2.75, 3.05) is 10.6 Å². The predicted molar refractivity (Wildman–Crippen MR) is 99.7 cm³/mol. The van der Waals surface area contributed by atoms with Gasteiger partial charge in [0.05, 0.1) is 6.20 Å². The van der Waals surface area contributed by atoms with Gasteiger partial charge in [-0.15, -0.1) is 0 Å². The Kier molecular flexibility index (Phi) is 5.03. The van der Waals surface area contributed by atoms with E-state index in [4.69, 9.17) is 11.6 Å². The Bertz CT molecular complexity index is 1000. The minimum atomic E-state index is -4.66. The number of halogens is 5. The molecule has 3 N–H and O–H groups in total. The van der Waals surface area contributed by atoms with Crippen molar-refractivity contribution >= 4 is 29.2 Å². The molecule has 0 spiro atoms. The summed E-state index contributed by atoms with van der Waals surface area (Å²) in [6.07, 6.45) is -1.29. The summed E-state index contributed by atoms with van der Waals surface area (Å²) in [7, 11) is 0. The van der Waals surface area contributed by atoms with Crippen LogP contribution in [0.15, 0.2) is 36.5 Å². The van der Waals surface area contributed by atoms with Gasteiger partial charge >= 0.3 is 6.18 Å². The molecule has 1 saturated carbocycles. The summed E-state index contributed by atoms with van der Waals surface area (Å²) >= 11 is 6.07. The fourth-order valence-electron chi connectivity index (χ4n) is 2.79. The predicted octanol–water partition coefficient (Wildman–Crippen LogP) is 5.33. The second kappa shape index (κ2) is 7.51.